The normalized spacial score (nSPS) is 12.2. The van der Waals surface area contributed by atoms with Gasteiger partial charge in [-0.15, -0.1) is 11.3 Å². The van der Waals surface area contributed by atoms with Gasteiger partial charge < -0.3 is 4.74 Å². The van der Waals surface area contributed by atoms with Crippen LogP contribution in [0.1, 0.15) is 46.6 Å². The molecule has 1 heterocycles. The molecule has 0 aliphatic rings. The predicted molar refractivity (Wildman–Crippen MR) is 124 cm³/mol. The second kappa shape index (κ2) is 8.16. The molecule has 3 aromatic rings. The van der Waals surface area contributed by atoms with Crippen LogP contribution in [0.25, 0.3) is 20.5 Å². The third-order valence-electron chi connectivity index (χ3n) is 4.95. The molecule has 1 aromatic heterocycles. The van der Waals surface area contributed by atoms with E-state index in [4.69, 9.17) is 4.74 Å². The van der Waals surface area contributed by atoms with Gasteiger partial charge in [-0.2, -0.15) is 0 Å². The van der Waals surface area contributed by atoms with Crippen LogP contribution in [0.5, 0.6) is 0 Å². The molecule has 0 N–H and O–H groups in total. The number of benzene rings is 2. The molecular weight excluding hydrogens is 376 g/mol. The third-order valence-corrected chi connectivity index (χ3v) is 6.09. The molecule has 2 aromatic carbocycles. The van der Waals surface area contributed by atoms with E-state index in [1.54, 1.807) is 6.92 Å². The summed E-state index contributed by atoms with van der Waals surface area (Å²) in [6.07, 6.45) is 1.70. The fourth-order valence-corrected chi connectivity index (χ4v) is 5.20. The number of thiophene rings is 1. The lowest BCUT2D eigenvalue weighted by molar-refractivity contribution is -0.154. The molecule has 0 saturated carbocycles. The topological polar surface area (TPSA) is 26.3 Å². The molecular formula is C26H30O2S. The summed E-state index contributed by atoms with van der Waals surface area (Å²) in [6, 6.07) is 19.5. The molecule has 0 atom stereocenters. The zero-order valence-electron chi connectivity index (χ0n) is 18.0. The first-order valence-corrected chi connectivity index (χ1v) is 10.8. The highest BCUT2D eigenvalue weighted by molar-refractivity contribution is 7.22. The maximum absolute atomic E-state index is 11.9. The Labute approximate surface area is 178 Å². The molecule has 152 valence electrons. The van der Waals surface area contributed by atoms with Crippen LogP contribution in [-0.2, 0) is 16.0 Å². The second-order valence-electron chi connectivity index (χ2n) is 9.30. The fraction of sp³-hybridized carbons (Fsp3) is 0.346. The lowest BCUT2D eigenvalue weighted by atomic mass is 9.77. The number of esters is 1. The summed E-state index contributed by atoms with van der Waals surface area (Å²) in [5.74, 6) is -0.320. The summed E-state index contributed by atoms with van der Waals surface area (Å²) in [5.41, 5.74) is 2.47. The fourth-order valence-electron chi connectivity index (χ4n) is 4.07. The lowest BCUT2D eigenvalue weighted by Crippen LogP contribution is -2.35. The molecule has 0 unspecified atom stereocenters. The Hall–Kier alpha value is -2.39. The van der Waals surface area contributed by atoms with Crippen molar-refractivity contribution in [3.63, 3.8) is 0 Å². The molecule has 0 radical (unpaired) electrons. The van der Waals surface area contributed by atoms with Crippen LogP contribution in [0.15, 0.2) is 66.7 Å². The smallest absolute Gasteiger partial charge is 0.333 e. The van der Waals surface area contributed by atoms with Crippen LogP contribution in [0.4, 0.5) is 0 Å². The third kappa shape index (κ3) is 5.57. The first-order valence-electron chi connectivity index (χ1n) is 10.0. The van der Waals surface area contributed by atoms with Crippen molar-refractivity contribution < 1.29 is 9.53 Å². The Balaban J connectivity index is 1.76. The second-order valence-corrected chi connectivity index (χ2v) is 10.4. The Bertz CT molecular complexity index is 1030. The largest absolute Gasteiger partial charge is 0.456 e. The summed E-state index contributed by atoms with van der Waals surface area (Å²) < 4.78 is 6.97. The highest BCUT2D eigenvalue weighted by Crippen LogP contribution is 2.37. The van der Waals surface area contributed by atoms with E-state index in [1.165, 1.54) is 26.1 Å². The number of rotatable bonds is 7. The van der Waals surface area contributed by atoms with Crippen molar-refractivity contribution in [3.8, 4) is 10.4 Å². The number of carbonyl (C=O) groups is 1. The van der Waals surface area contributed by atoms with Gasteiger partial charge in [0.2, 0.25) is 0 Å². The van der Waals surface area contributed by atoms with Crippen molar-refractivity contribution in [1.82, 2.24) is 0 Å². The standard InChI is InChI=1S/C26H30O2S/c1-18(2)24(27)28-26(5,6)17-25(3,4)16-19-12-13-21-15-23(29-22(21)14-19)20-10-8-7-9-11-20/h7-15H,1,16-17H2,2-6H3. The minimum atomic E-state index is -0.535. The number of hydrogen-bond donors (Lipinski definition) is 0. The highest BCUT2D eigenvalue weighted by atomic mass is 32.1. The van der Waals surface area contributed by atoms with E-state index in [0.29, 0.717) is 5.57 Å². The summed E-state index contributed by atoms with van der Waals surface area (Å²) in [5, 5.41) is 1.28. The minimum Gasteiger partial charge on any atom is -0.456 e. The maximum atomic E-state index is 11.9. The van der Waals surface area contributed by atoms with Crippen LogP contribution in [0, 0.1) is 5.41 Å². The van der Waals surface area contributed by atoms with Gasteiger partial charge in [0.25, 0.3) is 0 Å². The van der Waals surface area contributed by atoms with E-state index in [0.717, 1.165) is 12.8 Å². The maximum Gasteiger partial charge on any atom is 0.333 e. The lowest BCUT2D eigenvalue weighted by Gasteiger charge is -2.35. The first kappa shape index (κ1) is 21.3. The quantitative estimate of drug-likeness (QED) is 0.301. The van der Waals surface area contributed by atoms with Crippen molar-refractivity contribution in [2.75, 3.05) is 0 Å². The van der Waals surface area contributed by atoms with Crippen LogP contribution in [-0.4, -0.2) is 11.6 Å². The molecule has 0 bridgehead atoms. The van der Waals surface area contributed by atoms with Crippen LogP contribution < -0.4 is 0 Å². The van der Waals surface area contributed by atoms with Crippen LogP contribution in [0.3, 0.4) is 0 Å². The molecule has 3 rings (SSSR count). The molecule has 29 heavy (non-hydrogen) atoms. The Morgan fingerprint density at radius 3 is 2.38 bits per heavy atom. The number of fused-ring (bicyclic) bond motifs is 1. The number of carbonyl (C=O) groups excluding carboxylic acids is 1. The van der Waals surface area contributed by atoms with E-state index >= 15 is 0 Å². The van der Waals surface area contributed by atoms with E-state index in [2.05, 4.69) is 69.0 Å². The molecule has 0 aliphatic carbocycles. The van der Waals surface area contributed by atoms with Gasteiger partial charge in [-0.3, -0.25) is 0 Å². The SMILES string of the molecule is C=C(C)C(=O)OC(C)(C)CC(C)(C)Cc1ccc2cc(-c3ccccc3)sc2c1. The molecule has 0 aliphatic heterocycles. The molecule has 3 heteroatoms. The van der Waals surface area contributed by atoms with Crippen molar-refractivity contribution in [2.45, 2.75) is 53.1 Å². The van der Waals surface area contributed by atoms with Crippen LogP contribution >= 0.6 is 11.3 Å². The minimum absolute atomic E-state index is 0.00789. The predicted octanol–water partition coefficient (Wildman–Crippen LogP) is 7.43. The Morgan fingerprint density at radius 1 is 1.03 bits per heavy atom. The van der Waals surface area contributed by atoms with Crippen molar-refractivity contribution in [3.05, 3.63) is 72.3 Å². The molecule has 0 saturated heterocycles. The van der Waals surface area contributed by atoms with E-state index in [9.17, 15) is 4.79 Å². The van der Waals surface area contributed by atoms with Gasteiger partial charge in [-0.25, -0.2) is 4.79 Å². The molecule has 2 nitrogen and oxygen atoms in total. The van der Waals surface area contributed by atoms with E-state index < -0.39 is 5.60 Å². The van der Waals surface area contributed by atoms with Gasteiger partial charge in [0.05, 0.1) is 0 Å². The highest BCUT2D eigenvalue weighted by Gasteiger charge is 2.32. The summed E-state index contributed by atoms with van der Waals surface area (Å²) in [6.45, 7) is 13.8. The van der Waals surface area contributed by atoms with Gasteiger partial charge in [0.15, 0.2) is 0 Å². The van der Waals surface area contributed by atoms with Gasteiger partial charge in [0, 0.05) is 15.2 Å². The monoisotopic (exact) mass is 406 g/mol. The van der Waals surface area contributed by atoms with Crippen LogP contribution in [0.2, 0.25) is 0 Å². The summed E-state index contributed by atoms with van der Waals surface area (Å²) in [7, 11) is 0. The molecule has 0 spiro atoms. The van der Waals surface area contributed by atoms with E-state index in [-0.39, 0.29) is 11.4 Å². The molecule has 0 amide bonds. The Kier molecular flexibility index (Phi) is 6.00. The van der Waals surface area contributed by atoms with Crippen molar-refractivity contribution in [1.29, 1.82) is 0 Å². The van der Waals surface area contributed by atoms with Crippen molar-refractivity contribution >= 4 is 27.4 Å². The number of ether oxygens (including phenoxy) is 1. The van der Waals surface area contributed by atoms with Gasteiger partial charge in [0.1, 0.15) is 5.60 Å². The van der Waals surface area contributed by atoms with Gasteiger partial charge >= 0.3 is 5.97 Å². The average Bonchev–Trinajstić information content (AvgIpc) is 3.03. The average molecular weight is 407 g/mol. The van der Waals surface area contributed by atoms with Crippen molar-refractivity contribution in [2.24, 2.45) is 5.41 Å². The van der Waals surface area contributed by atoms with Gasteiger partial charge in [-0.05, 0) is 67.7 Å². The zero-order valence-corrected chi connectivity index (χ0v) is 18.9. The first-order chi connectivity index (χ1) is 13.5. The summed E-state index contributed by atoms with van der Waals surface area (Å²) >= 11 is 1.84. The Morgan fingerprint density at radius 2 is 1.72 bits per heavy atom. The molecule has 0 fully saturated rings. The van der Waals surface area contributed by atoms with E-state index in [1.807, 2.05) is 31.3 Å². The van der Waals surface area contributed by atoms with Gasteiger partial charge in [-0.1, -0.05) is 62.9 Å². The number of hydrogen-bond acceptors (Lipinski definition) is 3. The summed E-state index contributed by atoms with van der Waals surface area (Å²) in [4.78, 5) is 13.2. The zero-order chi connectivity index (χ0) is 21.2.